The summed E-state index contributed by atoms with van der Waals surface area (Å²) in [6, 6.07) is 1.71. The molecule has 0 fully saturated rings. The second-order valence-corrected chi connectivity index (χ2v) is 3.21. The van der Waals surface area contributed by atoms with E-state index in [0.717, 1.165) is 5.69 Å². The normalized spacial score (nSPS) is 10.5. The van der Waals surface area contributed by atoms with Gasteiger partial charge in [-0.25, -0.2) is 4.98 Å². The molecule has 4 N–H and O–H groups in total. The van der Waals surface area contributed by atoms with Gasteiger partial charge >= 0.3 is 0 Å². The molecule has 0 radical (unpaired) electrons. The molecule has 4 heteroatoms. The lowest BCUT2D eigenvalue weighted by Crippen LogP contribution is -2.09. The van der Waals surface area contributed by atoms with Crippen molar-refractivity contribution in [2.24, 2.45) is 0 Å². The molecule has 0 aliphatic rings. The van der Waals surface area contributed by atoms with Gasteiger partial charge in [0.2, 0.25) is 0 Å². The Labute approximate surface area is 77.9 Å². The monoisotopic (exact) mass is 181 g/mol. The number of aryl methyl sites for hydroxylation is 1. The minimum Gasteiger partial charge on any atom is -0.489 e. The van der Waals surface area contributed by atoms with Gasteiger partial charge in [0.1, 0.15) is 11.6 Å². The fraction of sp³-hybridized carbons (Fsp3) is 0.444. The van der Waals surface area contributed by atoms with E-state index in [4.69, 9.17) is 16.2 Å². The fourth-order valence-corrected chi connectivity index (χ4v) is 0.993. The third kappa shape index (κ3) is 2.24. The van der Waals surface area contributed by atoms with Gasteiger partial charge < -0.3 is 16.2 Å². The third-order valence-electron chi connectivity index (χ3n) is 1.59. The van der Waals surface area contributed by atoms with E-state index in [1.807, 2.05) is 20.8 Å². The van der Waals surface area contributed by atoms with Crippen LogP contribution in [0.2, 0.25) is 0 Å². The number of rotatable bonds is 2. The Kier molecular flexibility index (Phi) is 2.60. The van der Waals surface area contributed by atoms with Gasteiger partial charge in [-0.15, -0.1) is 0 Å². The second kappa shape index (κ2) is 3.51. The van der Waals surface area contributed by atoms with E-state index in [1.54, 1.807) is 6.07 Å². The Hall–Kier alpha value is -1.45. The summed E-state index contributed by atoms with van der Waals surface area (Å²) in [6.45, 7) is 5.74. The summed E-state index contributed by atoms with van der Waals surface area (Å²) in [5, 5.41) is 0. The highest BCUT2D eigenvalue weighted by molar-refractivity contribution is 5.61. The van der Waals surface area contributed by atoms with Gasteiger partial charge in [0.25, 0.3) is 0 Å². The minimum absolute atomic E-state index is 0.114. The first-order valence-corrected chi connectivity index (χ1v) is 4.20. The molecule has 0 aliphatic heterocycles. The lowest BCUT2D eigenvalue weighted by atomic mass is 10.3. The van der Waals surface area contributed by atoms with Crippen LogP contribution in [0.4, 0.5) is 11.5 Å². The van der Waals surface area contributed by atoms with Crippen LogP contribution < -0.4 is 16.2 Å². The zero-order valence-corrected chi connectivity index (χ0v) is 8.16. The molecule has 72 valence electrons. The topological polar surface area (TPSA) is 74.2 Å². The molecular weight excluding hydrogens is 166 g/mol. The summed E-state index contributed by atoms with van der Waals surface area (Å²) in [5.41, 5.74) is 12.4. The molecule has 1 heterocycles. The van der Waals surface area contributed by atoms with Crippen molar-refractivity contribution in [3.05, 3.63) is 11.8 Å². The number of aromatic nitrogens is 1. The number of anilines is 2. The molecule has 1 rings (SSSR count). The SMILES string of the molecule is Cc1nc(N)c(N)cc1OC(C)C. The zero-order chi connectivity index (χ0) is 10.0. The predicted octanol–water partition coefficient (Wildman–Crippen LogP) is 1.34. The number of nitrogen functional groups attached to an aromatic ring is 2. The third-order valence-corrected chi connectivity index (χ3v) is 1.59. The molecule has 0 unspecified atom stereocenters. The van der Waals surface area contributed by atoms with Gasteiger partial charge in [0, 0.05) is 6.07 Å². The molecule has 4 nitrogen and oxygen atoms in total. The maximum Gasteiger partial charge on any atom is 0.147 e. The smallest absolute Gasteiger partial charge is 0.147 e. The molecule has 0 saturated heterocycles. The Morgan fingerprint density at radius 2 is 2.00 bits per heavy atom. The van der Waals surface area contributed by atoms with Crippen LogP contribution in [0.15, 0.2) is 6.07 Å². The van der Waals surface area contributed by atoms with Gasteiger partial charge in [0.05, 0.1) is 17.5 Å². The van der Waals surface area contributed by atoms with Crippen molar-refractivity contribution in [2.75, 3.05) is 11.5 Å². The van der Waals surface area contributed by atoms with Crippen molar-refractivity contribution in [3.8, 4) is 5.75 Å². The summed E-state index contributed by atoms with van der Waals surface area (Å²) >= 11 is 0. The van der Waals surface area contributed by atoms with Crippen molar-refractivity contribution in [1.82, 2.24) is 4.98 Å². The summed E-state index contributed by atoms with van der Waals surface area (Å²) in [4.78, 5) is 4.05. The minimum atomic E-state index is 0.114. The lowest BCUT2D eigenvalue weighted by molar-refractivity contribution is 0.240. The molecule has 0 saturated carbocycles. The van der Waals surface area contributed by atoms with E-state index >= 15 is 0 Å². The zero-order valence-electron chi connectivity index (χ0n) is 8.16. The van der Waals surface area contributed by atoms with E-state index in [2.05, 4.69) is 4.98 Å². The molecular formula is C9H15N3O. The second-order valence-electron chi connectivity index (χ2n) is 3.21. The van der Waals surface area contributed by atoms with Crippen LogP contribution in [0, 0.1) is 6.92 Å². The van der Waals surface area contributed by atoms with E-state index in [1.165, 1.54) is 0 Å². The standard InChI is InChI=1S/C9H15N3O/c1-5(2)13-8-4-7(10)9(11)12-6(8)3/h4-5H,10H2,1-3H3,(H2,11,12). The van der Waals surface area contributed by atoms with Crippen LogP contribution in [0.5, 0.6) is 5.75 Å². The first-order valence-electron chi connectivity index (χ1n) is 4.20. The molecule has 1 aromatic heterocycles. The van der Waals surface area contributed by atoms with Gasteiger partial charge in [-0.05, 0) is 20.8 Å². The van der Waals surface area contributed by atoms with E-state index in [0.29, 0.717) is 17.3 Å². The Balaban J connectivity index is 3.01. The first-order chi connectivity index (χ1) is 6.00. The number of nitrogens with two attached hydrogens (primary N) is 2. The quantitative estimate of drug-likeness (QED) is 0.722. The van der Waals surface area contributed by atoms with Gasteiger partial charge in [-0.3, -0.25) is 0 Å². The van der Waals surface area contributed by atoms with Gasteiger partial charge in [0.15, 0.2) is 0 Å². The van der Waals surface area contributed by atoms with Crippen LogP contribution in [-0.2, 0) is 0 Å². The molecule has 0 aromatic carbocycles. The number of pyridine rings is 1. The highest BCUT2D eigenvalue weighted by Crippen LogP contribution is 2.23. The van der Waals surface area contributed by atoms with Gasteiger partial charge in [-0.1, -0.05) is 0 Å². The van der Waals surface area contributed by atoms with Crippen molar-refractivity contribution >= 4 is 11.5 Å². The lowest BCUT2D eigenvalue weighted by Gasteiger charge is -2.12. The average molecular weight is 181 g/mol. The van der Waals surface area contributed by atoms with E-state index in [9.17, 15) is 0 Å². The molecule has 13 heavy (non-hydrogen) atoms. The molecule has 0 atom stereocenters. The van der Waals surface area contributed by atoms with Gasteiger partial charge in [-0.2, -0.15) is 0 Å². The van der Waals surface area contributed by atoms with Crippen LogP contribution in [0.1, 0.15) is 19.5 Å². The van der Waals surface area contributed by atoms with E-state index < -0.39 is 0 Å². The van der Waals surface area contributed by atoms with Crippen molar-refractivity contribution in [2.45, 2.75) is 26.9 Å². The van der Waals surface area contributed by atoms with E-state index in [-0.39, 0.29) is 6.10 Å². The Morgan fingerprint density at radius 3 is 2.54 bits per heavy atom. The highest BCUT2D eigenvalue weighted by atomic mass is 16.5. The average Bonchev–Trinajstić information content (AvgIpc) is 1.99. The molecule has 0 bridgehead atoms. The van der Waals surface area contributed by atoms with Crippen molar-refractivity contribution in [1.29, 1.82) is 0 Å². The van der Waals surface area contributed by atoms with Crippen LogP contribution in [0.25, 0.3) is 0 Å². The molecule has 1 aromatic rings. The predicted molar refractivity (Wildman–Crippen MR) is 53.6 cm³/mol. The molecule has 0 aliphatic carbocycles. The number of hydrogen-bond acceptors (Lipinski definition) is 4. The summed E-state index contributed by atoms with van der Waals surface area (Å²) in [6.07, 6.45) is 0.114. The van der Waals surface area contributed by atoms with Crippen LogP contribution in [-0.4, -0.2) is 11.1 Å². The molecule has 0 amide bonds. The number of hydrogen-bond donors (Lipinski definition) is 2. The van der Waals surface area contributed by atoms with Crippen molar-refractivity contribution < 1.29 is 4.74 Å². The Morgan fingerprint density at radius 1 is 1.38 bits per heavy atom. The first kappa shape index (κ1) is 9.64. The highest BCUT2D eigenvalue weighted by Gasteiger charge is 2.06. The van der Waals surface area contributed by atoms with Crippen LogP contribution in [0.3, 0.4) is 0 Å². The maximum absolute atomic E-state index is 5.60. The summed E-state index contributed by atoms with van der Waals surface area (Å²) in [7, 11) is 0. The Bertz CT molecular complexity index is 310. The largest absolute Gasteiger partial charge is 0.489 e. The fourth-order valence-electron chi connectivity index (χ4n) is 0.993. The summed E-state index contributed by atoms with van der Waals surface area (Å²) in [5.74, 6) is 1.05. The summed E-state index contributed by atoms with van der Waals surface area (Å²) < 4.78 is 5.48. The van der Waals surface area contributed by atoms with Crippen LogP contribution >= 0.6 is 0 Å². The number of ether oxygens (including phenoxy) is 1. The number of nitrogens with zero attached hydrogens (tertiary/aromatic N) is 1. The molecule has 0 spiro atoms. The maximum atomic E-state index is 5.60. The van der Waals surface area contributed by atoms with Crippen molar-refractivity contribution in [3.63, 3.8) is 0 Å².